The predicted molar refractivity (Wildman–Crippen MR) is 100 cm³/mol. The predicted octanol–water partition coefficient (Wildman–Crippen LogP) is 0.405. The normalized spacial score (nSPS) is 26.0. The van der Waals surface area contributed by atoms with E-state index in [4.69, 9.17) is 15.3 Å². The second kappa shape index (κ2) is 6.73. The fourth-order valence-corrected chi connectivity index (χ4v) is 3.57. The molecule has 2 aliphatic rings. The van der Waals surface area contributed by atoms with Crippen molar-refractivity contribution >= 4 is 19.3 Å². The van der Waals surface area contributed by atoms with Crippen LogP contribution >= 0.6 is 0 Å². The number of aliphatic hydroxyl groups excluding tert-OH is 1. The van der Waals surface area contributed by atoms with Crippen molar-refractivity contribution in [2.24, 2.45) is 16.6 Å². The van der Waals surface area contributed by atoms with Crippen LogP contribution in [0.15, 0.2) is 34.8 Å². The molecule has 134 valence electrons. The second-order valence-electron chi connectivity index (χ2n) is 7.12. The van der Waals surface area contributed by atoms with Gasteiger partial charge in [0.25, 0.3) is 0 Å². The van der Waals surface area contributed by atoms with E-state index in [1.165, 1.54) is 10.6 Å². The van der Waals surface area contributed by atoms with Crippen molar-refractivity contribution in [3.05, 3.63) is 35.4 Å². The molecule has 0 radical (unpaired) electrons. The van der Waals surface area contributed by atoms with Crippen molar-refractivity contribution in [3.63, 3.8) is 0 Å². The molecule has 0 fully saturated rings. The van der Waals surface area contributed by atoms with Gasteiger partial charge in [0.15, 0.2) is 0 Å². The van der Waals surface area contributed by atoms with Crippen LogP contribution in [0.1, 0.15) is 32.3 Å². The van der Waals surface area contributed by atoms with Gasteiger partial charge in [0.05, 0.1) is 5.56 Å². The first-order valence-corrected chi connectivity index (χ1v) is 8.66. The molecule has 0 bridgehead atoms. The number of benzene rings is 1. The average molecular weight is 343 g/mol. The van der Waals surface area contributed by atoms with Crippen LogP contribution < -0.4 is 15.9 Å². The zero-order valence-corrected chi connectivity index (χ0v) is 15.3. The molecule has 0 amide bonds. The van der Waals surface area contributed by atoms with Crippen LogP contribution in [0, 0.1) is 5.92 Å². The molecule has 1 aromatic rings. The molecule has 0 saturated carbocycles. The maximum absolute atomic E-state index is 9.48. The lowest BCUT2D eigenvalue weighted by atomic mass is 9.83. The molecule has 2 heterocycles. The fourth-order valence-electron chi connectivity index (χ4n) is 3.57. The molecule has 0 aromatic heterocycles. The number of aliphatic imine (C=N–C) groups is 1. The Morgan fingerprint density at radius 3 is 2.92 bits per heavy atom. The smallest absolute Gasteiger partial charge is 0.221 e. The number of hydrogen-bond donors (Lipinski definition) is 2. The van der Waals surface area contributed by atoms with E-state index in [0.717, 1.165) is 16.8 Å². The highest BCUT2D eigenvalue weighted by Crippen LogP contribution is 2.47. The minimum absolute atomic E-state index is 0.0762. The zero-order chi connectivity index (χ0) is 18.2. The highest BCUT2D eigenvalue weighted by Gasteiger charge is 2.49. The molecule has 3 rings (SSSR count). The summed E-state index contributed by atoms with van der Waals surface area (Å²) in [4.78, 5) is 10.7. The van der Waals surface area contributed by atoms with E-state index in [-0.39, 0.29) is 18.6 Å². The molecule has 6 nitrogen and oxygen atoms in total. The summed E-state index contributed by atoms with van der Waals surface area (Å²) < 4.78 is 6.30. The lowest BCUT2D eigenvalue weighted by Gasteiger charge is -2.39. The lowest BCUT2D eigenvalue weighted by molar-refractivity contribution is -0.193. The Kier molecular flexibility index (Phi) is 4.80. The Labute approximate surface area is 149 Å². The number of ether oxygens (including phenoxy) is 1. The summed E-state index contributed by atoms with van der Waals surface area (Å²) in [7, 11) is 3.79. The van der Waals surface area contributed by atoms with Crippen LogP contribution in [0.4, 0.5) is 0 Å². The van der Waals surface area contributed by atoms with E-state index in [0.29, 0.717) is 18.8 Å². The van der Waals surface area contributed by atoms with Crippen molar-refractivity contribution in [2.75, 3.05) is 13.7 Å². The SMILES string of the molecule is Bc1ccc2c(c1)C1(CC(C(C=C(C)C)CCO)O2)N=C(N)N(C)O1. The van der Waals surface area contributed by atoms with Gasteiger partial charge in [-0.15, -0.1) is 0 Å². The third-order valence-electron chi connectivity index (χ3n) is 4.71. The minimum atomic E-state index is -0.869. The van der Waals surface area contributed by atoms with Gasteiger partial charge in [-0.05, 0) is 26.3 Å². The van der Waals surface area contributed by atoms with Crippen LogP contribution in [0.2, 0.25) is 0 Å². The summed E-state index contributed by atoms with van der Waals surface area (Å²) in [6, 6.07) is 6.02. The van der Waals surface area contributed by atoms with Crippen molar-refractivity contribution < 1.29 is 14.7 Å². The summed E-state index contributed by atoms with van der Waals surface area (Å²) in [5.41, 5.74) is 8.34. The molecule has 1 aromatic carbocycles. The number of rotatable bonds is 4. The molecule has 2 aliphatic heterocycles. The summed E-state index contributed by atoms with van der Waals surface area (Å²) in [5, 5.41) is 11.0. The Morgan fingerprint density at radius 1 is 1.56 bits per heavy atom. The van der Waals surface area contributed by atoms with Crippen LogP contribution in [0.25, 0.3) is 0 Å². The Hall–Kier alpha value is -1.99. The molecule has 3 N–H and O–H groups in total. The number of aliphatic hydroxyl groups is 1. The number of guanidine groups is 1. The summed E-state index contributed by atoms with van der Waals surface area (Å²) >= 11 is 0. The van der Waals surface area contributed by atoms with E-state index in [9.17, 15) is 5.11 Å². The molecule has 25 heavy (non-hydrogen) atoms. The standard InChI is InChI=1S/C18H26BN3O3/c1-11(2)8-12(6-7-23)16-10-18(21-17(20)22(3)25-18)14-9-13(19)4-5-15(14)24-16/h4-5,8-9,12,16,23H,6-7,10,19H2,1-3H3,(H2,20,21). The van der Waals surface area contributed by atoms with E-state index < -0.39 is 5.72 Å². The first kappa shape index (κ1) is 17.8. The first-order valence-electron chi connectivity index (χ1n) is 8.66. The molecule has 0 aliphatic carbocycles. The molecular formula is C18H26BN3O3. The summed E-state index contributed by atoms with van der Waals surface area (Å²) in [5.74, 6) is 1.19. The van der Waals surface area contributed by atoms with Gasteiger partial charge in [0.1, 0.15) is 19.7 Å². The van der Waals surface area contributed by atoms with Gasteiger partial charge in [-0.3, -0.25) is 0 Å². The highest BCUT2D eigenvalue weighted by molar-refractivity contribution is 6.32. The molecular weight excluding hydrogens is 317 g/mol. The van der Waals surface area contributed by atoms with Gasteiger partial charge in [-0.1, -0.05) is 29.2 Å². The minimum Gasteiger partial charge on any atom is -0.489 e. The maximum Gasteiger partial charge on any atom is 0.221 e. The quantitative estimate of drug-likeness (QED) is 0.611. The van der Waals surface area contributed by atoms with Crippen LogP contribution in [0.5, 0.6) is 5.75 Å². The van der Waals surface area contributed by atoms with Crippen molar-refractivity contribution in [1.29, 1.82) is 0 Å². The molecule has 3 unspecified atom stereocenters. The lowest BCUT2D eigenvalue weighted by Crippen LogP contribution is -2.43. The van der Waals surface area contributed by atoms with Gasteiger partial charge in [0.2, 0.25) is 11.7 Å². The molecule has 7 heteroatoms. The third-order valence-corrected chi connectivity index (χ3v) is 4.71. The fraction of sp³-hybridized carbons (Fsp3) is 0.500. The number of hydroxylamine groups is 2. The van der Waals surface area contributed by atoms with Gasteiger partial charge in [-0.25, -0.2) is 14.9 Å². The topological polar surface area (TPSA) is 80.3 Å². The van der Waals surface area contributed by atoms with Gasteiger partial charge < -0.3 is 15.6 Å². The Morgan fingerprint density at radius 2 is 2.32 bits per heavy atom. The summed E-state index contributed by atoms with van der Waals surface area (Å²) in [6.07, 6.45) is 3.17. The Bertz CT molecular complexity index is 718. The number of allylic oxidation sites excluding steroid dienone is 1. The monoisotopic (exact) mass is 343 g/mol. The largest absolute Gasteiger partial charge is 0.489 e. The van der Waals surface area contributed by atoms with E-state index in [1.807, 2.05) is 26.0 Å². The van der Waals surface area contributed by atoms with Crippen LogP contribution in [-0.4, -0.2) is 43.7 Å². The number of hydrogen-bond acceptors (Lipinski definition) is 6. The summed E-state index contributed by atoms with van der Waals surface area (Å²) in [6.45, 7) is 4.21. The zero-order valence-electron chi connectivity index (χ0n) is 15.3. The van der Waals surface area contributed by atoms with E-state index >= 15 is 0 Å². The van der Waals surface area contributed by atoms with E-state index in [2.05, 4.69) is 24.9 Å². The highest BCUT2D eigenvalue weighted by atomic mass is 16.7. The van der Waals surface area contributed by atoms with Crippen molar-refractivity contribution in [1.82, 2.24) is 5.06 Å². The van der Waals surface area contributed by atoms with Gasteiger partial charge in [-0.2, -0.15) is 0 Å². The number of nitrogens with zero attached hydrogens (tertiary/aromatic N) is 2. The molecule has 0 saturated heterocycles. The Balaban J connectivity index is 2.04. The average Bonchev–Trinajstić information content (AvgIpc) is 2.82. The maximum atomic E-state index is 9.48. The second-order valence-corrected chi connectivity index (χ2v) is 7.12. The molecule has 1 spiro atoms. The third kappa shape index (κ3) is 3.39. The van der Waals surface area contributed by atoms with Crippen molar-refractivity contribution in [3.8, 4) is 5.75 Å². The first-order chi connectivity index (χ1) is 11.8. The number of nitrogens with two attached hydrogens (primary N) is 1. The van der Waals surface area contributed by atoms with Crippen LogP contribution in [0.3, 0.4) is 0 Å². The van der Waals surface area contributed by atoms with E-state index in [1.54, 1.807) is 7.05 Å². The van der Waals surface area contributed by atoms with Gasteiger partial charge in [0, 0.05) is 26.0 Å². The van der Waals surface area contributed by atoms with Gasteiger partial charge >= 0.3 is 0 Å². The molecule has 3 atom stereocenters. The number of fused-ring (bicyclic) bond motifs is 2. The van der Waals surface area contributed by atoms with Crippen LogP contribution in [-0.2, 0) is 10.6 Å². The van der Waals surface area contributed by atoms with Crippen molar-refractivity contribution in [2.45, 2.75) is 38.5 Å².